The number of nitrogens with one attached hydrogen (secondary N) is 1. The number of likely N-dealkylation sites (tertiary alicyclic amines) is 1. The van der Waals surface area contributed by atoms with Gasteiger partial charge in [-0.25, -0.2) is 4.39 Å². The molecule has 1 aliphatic heterocycles. The van der Waals surface area contributed by atoms with Gasteiger partial charge >= 0.3 is 0 Å². The molecule has 1 saturated carbocycles. The van der Waals surface area contributed by atoms with E-state index in [0.717, 1.165) is 45.3 Å². The fourth-order valence-electron chi connectivity index (χ4n) is 3.65. The molecule has 1 saturated heterocycles. The van der Waals surface area contributed by atoms with Crippen LogP contribution in [0.2, 0.25) is 0 Å². The number of benzene rings is 1. The zero-order valence-electron chi connectivity index (χ0n) is 13.7. The van der Waals surface area contributed by atoms with Crippen LogP contribution in [-0.4, -0.2) is 37.5 Å². The Morgan fingerprint density at radius 1 is 1.30 bits per heavy atom. The summed E-state index contributed by atoms with van der Waals surface area (Å²) in [4.78, 5) is 14.9. The summed E-state index contributed by atoms with van der Waals surface area (Å²) in [6.45, 7) is 2.69. The SMILES string of the molecule is CNCCC1CCN(C(=O)C2(c3ccccc3F)CC2)CC1.Cl. The number of nitrogens with zero attached hydrogens (tertiary/aromatic N) is 1. The standard InChI is InChI=1S/C18H25FN2O.ClH/c1-20-11-6-14-7-12-21(13-8-14)17(22)18(9-10-18)15-4-2-3-5-16(15)19;/h2-5,14,20H,6-13H2,1H3;1H. The van der Waals surface area contributed by atoms with Crippen LogP contribution in [0, 0.1) is 11.7 Å². The topological polar surface area (TPSA) is 32.3 Å². The van der Waals surface area contributed by atoms with Crippen molar-refractivity contribution in [3.8, 4) is 0 Å². The molecule has 0 unspecified atom stereocenters. The minimum Gasteiger partial charge on any atom is -0.342 e. The van der Waals surface area contributed by atoms with Crippen LogP contribution < -0.4 is 5.32 Å². The Kier molecular flexibility index (Phi) is 6.04. The highest BCUT2D eigenvalue weighted by Crippen LogP contribution is 2.50. The molecule has 0 atom stereocenters. The average molecular weight is 341 g/mol. The predicted octanol–water partition coefficient (Wildman–Crippen LogP) is 3.13. The Morgan fingerprint density at radius 3 is 2.52 bits per heavy atom. The van der Waals surface area contributed by atoms with Crippen LogP contribution in [0.1, 0.15) is 37.7 Å². The molecule has 5 heteroatoms. The quantitative estimate of drug-likeness (QED) is 0.893. The molecule has 3 rings (SSSR count). The van der Waals surface area contributed by atoms with Crippen molar-refractivity contribution in [1.29, 1.82) is 0 Å². The first-order chi connectivity index (χ1) is 10.7. The van der Waals surface area contributed by atoms with Gasteiger partial charge in [-0.05, 0) is 57.7 Å². The number of halogens is 2. The van der Waals surface area contributed by atoms with Crippen molar-refractivity contribution >= 4 is 18.3 Å². The van der Waals surface area contributed by atoms with Crippen LogP contribution in [-0.2, 0) is 10.2 Å². The number of carbonyl (C=O) groups excluding carboxylic acids is 1. The van der Waals surface area contributed by atoms with E-state index in [4.69, 9.17) is 0 Å². The molecule has 128 valence electrons. The van der Waals surface area contributed by atoms with Crippen molar-refractivity contribution in [1.82, 2.24) is 10.2 Å². The molecule has 1 aromatic carbocycles. The zero-order valence-corrected chi connectivity index (χ0v) is 14.5. The molecule has 1 N–H and O–H groups in total. The Hall–Kier alpha value is -1.13. The molecule has 0 aromatic heterocycles. The molecule has 23 heavy (non-hydrogen) atoms. The van der Waals surface area contributed by atoms with E-state index in [1.807, 2.05) is 18.0 Å². The van der Waals surface area contributed by atoms with Gasteiger partial charge in [-0.1, -0.05) is 18.2 Å². The summed E-state index contributed by atoms with van der Waals surface area (Å²) in [5.41, 5.74) is 0.0284. The van der Waals surface area contributed by atoms with Gasteiger partial charge in [0.25, 0.3) is 0 Å². The van der Waals surface area contributed by atoms with Crippen LogP contribution in [0.3, 0.4) is 0 Å². The highest BCUT2D eigenvalue weighted by atomic mass is 35.5. The summed E-state index contributed by atoms with van der Waals surface area (Å²) in [7, 11) is 1.98. The van der Waals surface area contributed by atoms with Gasteiger partial charge in [0, 0.05) is 18.7 Å². The molecule has 1 aromatic rings. The Morgan fingerprint density at radius 2 is 1.96 bits per heavy atom. The van der Waals surface area contributed by atoms with Crippen molar-refractivity contribution in [2.45, 2.75) is 37.5 Å². The third-order valence-electron chi connectivity index (χ3n) is 5.25. The lowest BCUT2D eigenvalue weighted by Crippen LogP contribution is -2.44. The van der Waals surface area contributed by atoms with Crippen LogP contribution in [0.15, 0.2) is 24.3 Å². The van der Waals surface area contributed by atoms with Crippen molar-refractivity contribution in [2.24, 2.45) is 5.92 Å². The van der Waals surface area contributed by atoms with Gasteiger partial charge in [-0.3, -0.25) is 4.79 Å². The second-order valence-electron chi connectivity index (χ2n) is 6.69. The van der Waals surface area contributed by atoms with E-state index in [1.54, 1.807) is 12.1 Å². The monoisotopic (exact) mass is 340 g/mol. The van der Waals surface area contributed by atoms with Gasteiger partial charge in [0.05, 0.1) is 5.41 Å². The van der Waals surface area contributed by atoms with Gasteiger partial charge in [-0.15, -0.1) is 12.4 Å². The van der Waals surface area contributed by atoms with Crippen LogP contribution in [0.4, 0.5) is 4.39 Å². The molecular formula is C18H26ClFN2O. The second kappa shape index (κ2) is 7.63. The van der Waals surface area contributed by atoms with Crippen LogP contribution >= 0.6 is 12.4 Å². The number of hydrogen-bond acceptors (Lipinski definition) is 2. The largest absolute Gasteiger partial charge is 0.342 e. The third-order valence-corrected chi connectivity index (χ3v) is 5.25. The molecule has 3 nitrogen and oxygen atoms in total. The maximum absolute atomic E-state index is 14.1. The smallest absolute Gasteiger partial charge is 0.233 e. The fraction of sp³-hybridized carbons (Fsp3) is 0.611. The first-order valence-corrected chi connectivity index (χ1v) is 8.36. The van der Waals surface area contributed by atoms with E-state index in [0.29, 0.717) is 11.5 Å². The van der Waals surface area contributed by atoms with Crippen molar-refractivity contribution < 1.29 is 9.18 Å². The number of hydrogen-bond donors (Lipinski definition) is 1. The van der Waals surface area contributed by atoms with E-state index < -0.39 is 5.41 Å². The maximum atomic E-state index is 14.1. The molecule has 1 heterocycles. The first kappa shape index (κ1) is 18.2. The molecule has 1 aliphatic carbocycles. The number of piperidine rings is 1. The van der Waals surface area contributed by atoms with Crippen LogP contribution in [0.25, 0.3) is 0 Å². The molecule has 0 bridgehead atoms. The van der Waals surface area contributed by atoms with Gasteiger partial charge in [0.2, 0.25) is 5.91 Å². The maximum Gasteiger partial charge on any atom is 0.233 e. The van der Waals surface area contributed by atoms with Crippen molar-refractivity contribution in [3.05, 3.63) is 35.6 Å². The number of carbonyl (C=O) groups is 1. The van der Waals surface area contributed by atoms with Crippen molar-refractivity contribution in [3.63, 3.8) is 0 Å². The Bertz CT molecular complexity index is 540. The van der Waals surface area contributed by atoms with Gasteiger partial charge in [0.15, 0.2) is 0 Å². The molecule has 1 amide bonds. The fourth-order valence-corrected chi connectivity index (χ4v) is 3.65. The van der Waals surface area contributed by atoms with Gasteiger partial charge in [0.1, 0.15) is 5.82 Å². The van der Waals surface area contributed by atoms with E-state index in [2.05, 4.69) is 5.32 Å². The lowest BCUT2D eigenvalue weighted by Gasteiger charge is -2.34. The average Bonchev–Trinajstić information content (AvgIpc) is 3.35. The molecule has 2 aliphatic rings. The number of amides is 1. The summed E-state index contributed by atoms with van der Waals surface area (Å²) in [6, 6.07) is 6.76. The van der Waals surface area contributed by atoms with E-state index in [9.17, 15) is 9.18 Å². The molecule has 0 radical (unpaired) electrons. The van der Waals surface area contributed by atoms with E-state index in [1.165, 1.54) is 12.5 Å². The molecule has 0 spiro atoms. The third kappa shape index (κ3) is 3.69. The minimum atomic E-state index is -0.566. The molecular weight excluding hydrogens is 315 g/mol. The number of rotatable bonds is 5. The highest BCUT2D eigenvalue weighted by molar-refractivity contribution is 5.91. The van der Waals surface area contributed by atoms with E-state index >= 15 is 0 Å². The predicted molar refractivity (Wildman–Crippen MR) is 92.4 cm³/mol. The Labute approximate surface area is 144 Å². The first-order valence-electron chi connectivity index (χ1n) is 8.36. The zero-order chi connectivity index (χ0) is 15.6. The summed E-state index contributed by atoms with van der Waals surface area (Å²) in [5.74, 6) is 0.613. The van der Waals surface area contributed by atoms with Gasteiger partial charge in [-0.2, -0.15) is 0 Å². The van der Waals surface area contributed by atoms with Crippen molar-refractivity contribution in [2.75, 3.05) is 26.7 Å². The summed E-state index contributed by atoms with van der Waals surface area (Å²) >= 11 is 0. The highest BCUT2D eigenvalue weighted by Gasteiger charge is 2.54. The summed E-state index contributed by atoms with van der Waals surface area (Å²) in [5, 5.41) is 3.19. The second-order valence-corrected chi connectivity index (χ2v) is 6.69. The Balaban J connectivity index is 0.00000192. The minimum absolute atomic E-state index is 0. The normalized spacial score (nSPS) is 20.0. The summed E-state index contributed by atoms with van der Waals surface area (Å²) < 4.78 is 14.1. The lowest BCUT2D eigenvalue weighted by atomic mass is 9.90. The summed E-state index contributed by atoms with van der Waals surface area (Å²) in [6.07, 6.45) is 4.89. The van der Waals surface area contributed by atoms with Gasteiger partial charge < -0.3 is 10.2 Å². The van der Waals surface area contributed by atoms with Crippen LogP contribution in [0.5, 0.6) is 0 Å². The molecule has 2 fully saturated rings. The van der Waals surface area contributed by atoms with E-state index in [-0.39, 0.29) is 24.1 Å². The lowest BCUT2D eigenvalue weighted by molar-refractivity contribution is -0.135.